The minimum Gasteiger partial charge on any atom is -0.494 e. The number of ether oxygens (including phenoxy) is 3. The van der Waals surface area contributed by atoms with E-state index in [0.29, 0.717) is 48.3 Å². The fraction of sp³-hybridized carbons (Fsp3) is 0.320. The molecule has 1 heterocycles. The highest BCUT2D eigenvalue weighted by Gasteiger charge is 2.36. The minimum atomic E-state index is -0.803. The summed E-state index contributed by atoms with van der Waals surface area (Å²) in [5.74, 6) is 0.302. The predicted octanol–water partition coefficient (Wildman–Crippen LogP) is 4.93. The van der Waals surface area contributed by atoms with Crippen molar-refractivity contribution in [2.45, 2.75) is 33.6 Å². The molecular weight excluding hydrogens is 551 g/mol. The van der Waals surface area contributed by atoms with E-state index in [1.54, 1.807) is 36.4 Å². The third-order valence-corrected chi connectivity index (χ3v) is 5.56. The van der Waals surface area contributed by atoms with Crippen LogP contribution < -0.4 is 24.4 Å². The fourth-order valence-electron chi connectivity index (χ4n) is 3.25. The summed E-state index contributed by atoms with van der Waals surface area (Å²) in [6.45, 7) is 7.41. The normalized spacial score (nSPS) is 14.9. The lowest BCUT2D eigenvalue weighted by Gasteiger charge is -2.26. The van der Waals surface area contributed by atoms with Crippen LogP contribution >= 0.6 is 22.6 Å². The summed E-state index contributed by atoms with van der Waals surface area (Å²) in [6, 6.07) is 9.27. The molecule has 0 aliphatic carbocycles. The van der Waals surface area contributed by atoms with Gasteiger partial charge >= 0.3 is 6.03 Å². The van der Waals surface area contributed by atoms with E-state index in [2.05, 4.69) is 27.9 Å². The molecule has 2 aromatic carbocycles. The van der Waals surface area contributed by atoms with E-state index in [0.717, 1.165) is 21.3 Å². The second-order valence-electron chi connectivity index (χ2n) is 7.41. The fourth-order valence-corrected chi connectivity index (χ4v) is 4.03. The Balaban J connectivity index is 1.94. The van der Waals surface area contributed by atoms with Crippen molar-refractivity contribution in [2.75, 3.05) is 24.7 Å². The number of nitrogens with zero attached hydrogens (tertiary/aromatic N) is 1. The Bertz CT molecular complexity index is 1100. The number of carbonyl (C=O) groups is 3. The summed E-state index contributed by atoms with van der Waals surface area (Å²) in [7, 11) is 0. The first-order valence-electron chi connectivity index (χ1n) is 11.1. The van der Waals surface area contributed by atoms with Crippen LogP contribution in [0, 0.1) is 3.57 Å². The zero-order valence-electron chi connectivity index (χ0n) is 19.4. The highest BCUT2D eigenvalue weighted by molar-refractivity contribution is 14.1. The van der Waals surface area contributed by atoms with Gasteiger partial charge in [-0.1, -0.05) is 13.8 Å². The number of hydrogen-bond donors (Lipinski definition) is 1. The van der Waals surface area contributed by atoms with E-state index in [1.165, 1.54) is 6.08 Å². The van der Waals surface area contributed by atoms with Crippen LogP contribution in [-0.2, 0) is 9.59 Å². The van der Waals surface area contributed by atoms with E-state index >= 15 is 0 Å². The molecule has 1 aliphatic rings. The molecule has 1 N–H and O–H groups in total. The predicted molar refractivity (Wildman–Crippen MR) is 137 cm³/mol. The molecule has 3 rings (SSSR count). The van der Waals surface area contributed by atoms with Crippen LogP contribution in [-0.4, -0.2) is 37.7 Å². The Labute approximate surface area is 212 Å². The maximum absolute atomic E-state index is 13.2. The van der Waals surface area contributed by atoms with E-state index in [-0.39, 0.29) is 5.57 Å². The van der Waals surface area contributed by atoms with Gasteiger partial charge in [0.25, 0.3) is 11.8 Å². The first-order valence-corrected chi connectivity index (χ1v) is 12.2. The number of amides is 4. The lowest BCUT2D eigenvalue weighted by Crippen LogP contribution is -2.54. The van der Waals surface area contributed by atoms with Crippen molar-refractivity contribution in [3.8, 4) is 17.2 Å². The van der Waals surface area contributed by atoms with Gasteiger partial charge in [-0.15, -0.1) is 0 Å². The van der Waals surface area contributed by atoms with Crippen molar-refractivity contribution in [1.29, 1.82) is 0 Å². The van der Waals surface area contributed by atoms with Crippen molar-refractivity contribution < 1.29 is 28.6 Å². The van der Waals surface area contributed by atoms with Gasteiger partial charge in [-0.2, -0.15) is 0 Å². The Kier molecular flexibility index (Phi) is 8.91. The second kappa shape index (κ2) is 11.9. The highest BCUT2D eigenvalue weighted by Crippen LogP contribution is 2.35. The molecule has 180 valence electrons. The molecule has 0 radical (unpaired) electrons. The maximum Gasteiger partial charge on any atom is 0.335 e. The van der Waals surface area contributed by atoms with Crippen LogP contribution in [0.15, 0.2) is 42.0 Å². The topological polar surface area (TPSA) is 94.2 Å². The molecule has 1 saturated heterocycles. The van der Waals surface area contributed by atoms with Gasteiger partial charge in [0.05, 0.1) is 29.1 Å². The van der Waals surface area contributed by atoms with Crippen molar-refractivity contribution in [2.24, 2.45) is 0 Å². The molecule has 8 nitrogen and oxygen atoms in total. The quantitative estimate of drug-likeness (QED) is 0.244. The molecule has 0 saturated carbocycles. The molecule has 0 unspecified atom stereocenters. The largest absolute Gasteiger partial charge is 0.494 e. The number of rotatable bonds is 10. The average Bonchev–Trinajstić information content (AvgIpc) is 2.81. The van der Waals surface area contributed by atoms with Gasteiger partial charge in [-0.25, -0.2) is 9.69 Å². The molecule has 9 heteroatoms. The number of nitrogens with one attached hydrogen (secondary N) is 1. The lowest BCUT2D eigenvalue weighted by molar-refractivity contribution is -0.122. The van der Waals surface area contributed by atoms with Crippen molar-refractivity contribution >= 4 is 52.2 Å². The molecule has 0 spiro atoms. The molecule has 0 atom stereocenters. The van der Waals surface area contributed by atoms with Gasteiger partial charge in [0.1, 0.15) is 11.3 Å². The molecule has 34 heavy (non-hydrogen) atoms. The Hall–Kier alpha value is -3.08. The SMILES string of the molecule is CCCOc1ccc(N2C(=O)NC(=O)/C(=C/c3cc(I)c(OCCC)c(OCC)c3)C2=O)cc1. The van der Waals surface area contributed by atoms with Gasteiger partial charge in [-0.3, -0.25) is 14.9 Å². The Morgan fingerprint density at radius 1 is 0.941 bits per heavy atom. The molecule has 0 bridgehead atoms. The summed E-state index contributed by atoms with van der Waals surface area (Å²) in [5.41, 5.74) is 0.747. The molecular formula is C25H27IN2O6. The molecule has 4 amide bonds. The number of hydrogen-bond acceptors (Lipinski definition) is 6. The Morgan fingerprint density at radius 2 is 1.62 bits per heavy atom. The number of barbiturate groups is 1. The van der Waals surface area contributed by atoms with E-state index in [4.69, 9.17) is 14.2 Å². The number of urea groups is 1. The van der Waals surface area contributed by atoms with Gasteiger partial charge in [0, 0.05) is 0 Å². The monoisotopic (exact) mass is 578 g/mol. The summed E-state index contributed by atoms with van der Waals surface area (Å²) in [5, 5.41) is 2.24. The van der Waals surface area contributed by atoms with Crippen LogP contribution in [0.5, 0.6) is 17.2 Å². The third kappa shape index (κ3) is 5.88. The Morgan fingerprint density at radius 3 is 2.26 bits per heavy atom. The van der Waals surface area contributed by atoms with Gasteiger partial charge < -0.3 is 14.2 Å². The number of anilines is 1. The van der Waals surface area contributed by atoms with Crippen LogP contribution in [0.25, 0.3) is 6.08 Å². The van der Waals surface area contributed by atoms with Crippen LogP contribution in [0.3, 0.4) is 0 Å². The zero-order chi connectivity index (χ0) is 24.7. The molecule has 1 aliphatic heterocycles. The second-order valence-corrected chi connectivity index (χ2v) is 8.57. The van der Waals surface area contributed by atoms with Crippen LogP contribution in [0.1, 0.15) is 39.2 Å². The van der Waals surface area contributed by atoms with Gasteiger partial charge in [0.2, 0.25) is 0 Å². The average molecular weight is 578 g/mol. The van der Waals surface area contributed by atoms with Gasteiger partial charge in [0.15, 0.2) is 11.5 Å². The van der Waals surface area contributed by atoms with E-state index < -0.39 is 17.8 Å². The van der Waals surface area contributed by atoms with Crippen molar-refractivity contribution in [3.05, 3.63) is 51.1 Å². The molecule has 2 aromatic rings. The summed E-state index contributed by atoms with van der Waals surface area (Å²) in [4.78, 5) is 39.2. The number of halogens is 1. The minimum absolute atomic E-state index is 0.161. The summed E-state index contributed by atoms with van der Waals surface area (Å²) >= 11 is 2.13. The number of carbonyl (C=O) groups excluding carboxylic acids is 3. The summed E-state index contributed by atoms with van der Waals surface area (Å²) in [6.07, 6.45) is 3.16. The first kappa shape index (κ1) is 25.5. The lowest BCUT2D eigenvalue weighted by atomic mass is 10.1. The maximum atomic E-state index is 13.2. The summed E-state index contributed by atoms with van der Waals surface area (Å²) < 4.78 is 17.9. The zero-order valence-corrected chi connectivity index (χ0v) is 21.5. The molecule has 1 fully saturated rings. The first-order chi connectivity index (χ1) is 16.4. The van der Waals surface area contributed by atoms with Crippen LogP contribution in [0.4, 0.5) is 10.5 Å². The number of benzene rings is 2. The highest BCUT2D eigenvalue weighted by atomic mass is 127. The van der Waals surface area contributed by atoms with Crippen molar-refractivity contribution in [3.63, 3.8) is 0 Å². The number of imide groups is 2. The third-order valence-electron chi connectivity index (χ3n) is 4.76. The van der Waals surface area contributed by atoms with Crippen LogP contribution in [0.2, 0.25) is 0 Å². The van der Waals surface area contributed by atoms with E-state index in [9.17, 15) is 14.4 Å². The smallest absolute Gasteiger partial charge is 0.335 e. The standard InChI is InChI=1S/C25H27IN2O6/c1-4-11-33-18-9-7-17(8-10-18)28-24(30)19(23(29)27-25(28)31)13-16-14-20(26)22(34-12-5-2)21(15-16)32-6-3/h7-10,13-15H,4-6,11-12H2,1-3H3,(H,27,29,31)/b19-13-. The van der Waals surface area contributed by atoms with Crippen molar-refractivity contribution in [1.82, 2.24) is 5.32 Å². The molecule has 0 aromatic heterocycles. The van der Waals surface area contributed by atoms with Gasteiger partial charge in [-0.05, 0) is 90.4 Å². The van der Waals surface area contributed by atoms with E-state index in [1.807, 2.05) is 20.8 Å².